The molecule has 162 valence electrons. The number of nitrogens with zero attached hydrogens (tertiary/aromatic N) is 4. The van der Waals surface area contributed by atoms with E-state index >= 15 is 0 Å². The van der Waals surface area contributed by atoms with Gasteiger partial charge in [0.15, 0.2) is 11.0 Å². The minimum atomic E-state index is 0.178. The second-order valence-corrected chi connectivity index (χ2v) is 8.84. The Hall–Kier alpha value is -2.80. The van der Waals surface area contributed by atoms with E-state index in [2.05, 4.69) is 40.5 Å². The van der Waals surface area contributed by atoms with Crippen molar-refractivity contribution in [2.45, 2.75) is 24.4 Å². The highest BCUT2D eigenvalue weighted by atomic mass is 32.2. The van der Waals surface area contributed by atoms with E-state index < -0.39 is 0 Å². The van der Waals surface area contributed by atoms with Crippen LogP contribution in [0.5, 0.6) is 5.75 Å². The van der Waals surface area contributed by atoms with Crippen molar-refractivity contribution in [3.63, 3.8) is 0 Å². The maximum Gasteiger partial charge on any atom is 0.233 e. The molecule has 7 heteroatoms. The van der Waals surface area contributed by atoms with Crippen molar-refractivity contribution >= 4 is 17.7 Å². The van der Waals surface area contributed by atoms with E-state index in [1.165, 1.54) is 17.3 Å². The number of amides is 1. The second-order valence-electron chi connectivity index (χ2n) is 7.90. The van der Waals surface area contributed by atoms with Crippen LogP contribution >= 0.6 is 11.8 Å². The third-order valence-corrected chi connectivity index (χ3v) is 6.85. The van der Waals surface area contributed by atoms with Gasteiger partial charge in [0, 0.05) is 25.7 Å². The molecule has 1 aromatic heterocycles. The molecular weight excluding hydrogens is 408 g/mol. The second kappa shape index (κ2) is 10.0. The summed E-state index contributed by atoms with van der Waals surface area (Å²) in [6, 6.07) is 18.4. The smallest absolute Gasteiger partial charge is 0.233 e. The van der Waals surface area contributed by atoms with Crippen molar-refractivity contribution in [1.29, 1.82) is 0 Å². The zero-order valence-corrected chi connectivity index (χ0v) is 18.8. The summed E-state index contributed by atoms with van der Waals surface area (Å²) < 4.78 is 7.15. The number of likely N-dealkylation sites (tertiary alicyclic amines) is 1. The van der Waals surface area contributed by atoms with Crippen LogP contribution in [0.4, 0.5) is 0 Å². The lowest BCUT2D eigenvalue weighted by Gasteiger charge is -2.32. The van der Waals surface area contributed by atoms with Gasteiger partial charge >= 0.3 is 0 Å². The number of thioether (sulfide) groups is 1. The minimum absolute atomic E-state index is 0.178. The molecule has 0 saturated carbocycles. The molecule has 0 aliphatic carbocycles. The van der Waals surface area contributed by atoms with Gasteiger partial charge in [-0.05, 0) is 55.0 Å². The molecule has 0 spiro atoms. The first kappa shape index (κ1) is 21.4. The van der Waals surface area contributed by atoms with E-state index in [9.17, 15) is 4.79 Å². The molecule has 2 heterocycles. The predicted molar refractivity (Wildman–Crippen MR) is 123 cm³/mol. The number of carbonyl (C=O) groups excluding carboxylic acids is 1. The summed E-state index contributed by atoms with van der Waals surface area (Å²) in [5.74, 6) is 2.80. The molecule has 4 rings (SSSR count). The number of piperidine rings is 1. The zero-order valence-electron chi connectivity index (χ0n) is 18.0. The summed E-state index contributed by atoms with van der Waals surface area (Å²) in [5, 5.41) is 9.34. The molecule has 3 aromatic rings. The van der Waals surface area contributed by atoms with Gasteiger partial charge < -0.3 is 14.2 Å². The Kier molecular flexibility index (Phi) is 6.92. The Balaban J connectivity index is 1.28. The predicted octanol–water partition coefficient (Wildman–Crippen LogP) is 4.06. The molecule has 31 heavy (non-hydrogen) atoms. The normalized spacial score (nSPS) is 14.6. The number of hydrogen-bond donors (Lipinski definition) is 0. The fourth-order valence-corrected chi connectivity index (χ4v) is 4.80. The lowest BCUT2D eigenvalue weighted by atomic mass is 9.90. The van der Waals surface area contributed by atoms with Crippen LogP contribution in [0.15, 0.2) is 59.8 Å². The highest BCUT2D eigenvalue weighted by Gasteiger charge is 2.23. The van der Waals surface area contributed by atoms with Crippen LogP contribution in [-0.2, 0) is 18.3 Å². The number of aromatic nitrogens is 3. The molecule has 0 bridgehead atoms. The molecule has 2 aromatic carbocycles. The summed E-state index contributed by atoms with van der Waals surface area (Å²) in [5.41, 5.74) is 2.35. The first-order valence-corrected chi connectivity index (χ1v) is 11.6. The standard InChI is InChI=1S/C24H28N4O2S/c1-27-23(20-8-10-21(30-2)11-9-20)25-26-24(27)31-17-22(29)28-14-12-19(13-15-28)16-18-6-4-3-5-7-18/h3-11,19H,12-17H2,1-2H3. The average molecular weight is 437 g/mol. The van der Waals surface area contributed by atoms with Gasteiger partial charge in [-0.2, -0.15) is 0 Å². The van der Waals surface area contributed by atoms with Crippen molar-refractivity contribution in [2.24, 2.45) is 13.0 Å². The summed E-state index contributed by atoms with van der Waals surface area (Å²) in [6.45, 7) is 1.68. The zero-order chi connectivity index (χ0) is 21.6. The van der Waals surface area contributed by atoms with E-state index in [4.69, 9.17) is 4.74 Å². The highest BCUT2D eigenvalue weighted by molar-refractivity contribution is 7.99. The fraction of sp³-hybridized carbons (Fsp3) is 0.375. The Morgan fingerprint density at radius 1 is 1.06 bits per heavy atom. The number of hydrogen-bond acceptors (Lipinski definition) is 5. The molecule has 0 atom stereocenters. The van der Waals surface area contributed by atoms with Crippen molar-refractivity contribution in [1.82, 2.24) is 19.7 Å². The third kappa shape index (κ3) is 5.28. The van der Waals surface area contributed by atoms with E-state index in [-0.39, 0.29) is 5.91 Å². The van der Waals surface area contributed by atoms with Gasteiger partial charge in [-0.1, -0.05) is 42.1 Å². The molecule has 1 fully saturated rings. The lowest BCUT2D eigenvalue weighted by molar-refractivity contribution is -0.129. The first-order chi connectivity index (χ1) is 15.1. The lowest BCUT2D eigenvalue weighted by Crippen LogP contribution is -2.39. The van der Waals surface area contributed by atoms with Gasteiger partial charge in [-0.15, -0.1) is 10.2 Å². The fourth-order valence-electron chi connectivity index (χ4n) is 3.98. The van der Waals surface area contributed by atoms with Crippen molar-refractivity contribution in [2.75, 3.05) is 26.0 Å². The van der Waals surface area contributed by atoms with Crippen molar-refractivity contribution < 1.29 is 9.53 Å². The summed E-state index contributed by atoms with van der Waals surface area (Å²) in [6.07, 6.45) is 3.23. The van der Waals surface area contributed by atoms with Crippen LogP contribution in [0.25, 0.3) is 11.4 Å². The van der Waals surface area contributed by atoms with Crippen molar-refractivity contribution in [3.05, 3.63) is 60.2 Å². The van der Waals surface area contributed by atoms with Crippen molar-refractivity contribution in [3.8, 4) is 17.1 Å². The van der Waals surface area contributed by atoms with Gasteiger partial charge in [0.2, 0.25) is 5.91 Å². The SMILES string of the molecule is COc1ccc(-c2nnc(SCC(=O)N3CCC(Cc4ccccc4)CC3)n2C)cc1. The van der Waals surface area contributed by atoms with Crippen LogP contribution in [0, 0.1) is 5.92 Å². The molecule has 0 radical (unpaired) electrons. The van der Waals surface area contributed by atoms with E-state index in [0.717, 1.165) is 54.6 Å². The number of benzene rings is 2. The van der Waals surface area contributed by atoms with Crippen LogP contribution in [-0.4, -0.2) is 51.5 Å². The van der Waals surface area contributed by atoms with Crippen LogP contribution < -0.4 is 4.74 Å². The summed E-state index contributed by atoms with van der Waals surface area (Å²) in [4.78, 5) is 14.7. The molecule has 6 nitrogen and oxygen atoms in total. The Bertz CT molecular complexity index is 996. The first-order valence-electron chi connectivity index (χ1n) is 10.6. The van der Waals surface area contributed by atoms with E-state index in [0.29, 0.717) is 11.7 Å². The molecule has 1 aliphatic rings. The van der Waals surface area contributed by atoms with E-state index in [1.807, 2.05) is 40.8 Å². The Labute approximate surface area is 187 Å². The van der Waals surface area contributed by atoms with Gasteiger partial charge in [0.05, 0.1) is 12.9 Å². The molecule has 0 unspecified atom stereocenters. The van der Waals surface area contributed by atoms with Crippen LogP contribution in [0.2, 0.25) is 0 Å². The summed E-state index contributed by atoms with van der Waals surface area (Å²) >= 11 is 1.45. The van der Waals surface area contributed by atoms with Gasteiger partial charge in [0.25, 0.3) is 0 Å². The maximum absolute atomic E-state index is 12.7. The molecular formula is C24H28N4O2S. The Morgan fingerprint density at radius 3 is 2.45 bits per heavy atom. The molecule has 1 saturated heterocycles. The maximum atomic E-state index is 12.7. The van der Waals surface area contributed by atoms with Crippen LogP contribution in [0.1, 0.15) is 18.4 Å². The molecule has 1 aliphatic heterocycles. The van der Waals surface area contributed by atoms with Gasteiger partial charge in [-0.25, -0.2) is 0 Å². The monoisotopic (exact) mass is 436 g/mol. The molecule has 1 amide bonds. The number of carbonyl (C=O) groups is 1. The van der Waals surface area contributed by atoms with Gasteiger partial charge in [0.1, 0.15) is 5.75 Å². The highest BCUT2D eigenvalue weighted by Crippen LogP contribution is 2.26. The summed E-state index contributed by atoms with van der Waals surface area (Å²) in [7, 11) is 3.58. The minimum Gasteiger partial charge on any atom is -0.497 e. The third-order valence-electron chi connectivity index (χ3n) is 5.84. The Morgan fingerprint density at radius 2 is 1.77 bits per heavy atom. The quantitative estimate of drug-likeness (QED) is 0.523. The topological polar surface area (TPSA) is 60.3 Å². The number of rotatable bonds is 7. The van der Waals surface area contributed by atoms with E-state index in [1.54, 1.807) is 7.11 Å². The number of ether oxygens (including phenoxy) is 1. The molecule has 0 N–H and O–H groups in total. The largest absolute Gasteiger partial charge is 0.497 e. The van der Waals surface area contributed by atoms with Crippen LogP contribution in [0.3, 0.4) is 0 Å². The van der Waals surface area contributed by atoms with Gasteiger partial charge in [-0.3, -0.25) is 4.79 Å². The average Bonchev–Trinajstić information content (AvgIpc) is 3.19. The number of methoxy groups -OCH3 is 1.